The van der Waals surface area contributed by atoms with Crippen molar-refractivity contribution in [2.24, 2.45) is 0 Å². The van der Waals surface area contributed by atoms with E-state index in [9.17, 15) is 8.42 Å². The summed E-state index contributed by atoms with van der Waals surface area (Å²) in [6, 6.07) is 12.4. The van der Waals surface area contributed by atoms with Crippen LogP contribution in [0.2, 0.25) is 0 Å². The molecular formula is C19H20N2O3S2. The second kappa shape index (κ2) is 7.09. The fourth-order valence-electron chi connectivity index (χ4n) is 2.57. The lowest BCUT2D eigenvalue weighted by molar-refractivity contribution is 0.403. The summed E-state index contributed by atoms with van der Waals surface area (Å²) >= 11 is 1.52. The van der Waals surface area contributed by atoms with Crippen LogP contribution in [0.25, 0.3) is 11.3 Å². The monoisotopic (exact) mass is 388 g/mol. The van der Waals surface area contributed by atoms with Gasteiger partial charge in [0, 0.05) is 18.0 Å². The van der Waals surface area contributed by atoms with E-state index in [0.717, 1.165) is 21.8 Å². The summed E-state index contributed by atoms with van der Waals surface area (Å²) in [6.45, 7) is 3.88. The van der Waals surface area contributed by atoms with Crippen LogP contribution in [0.1, 0.15) is 10.6 Å². The normalized spacial score (nSPS) is 11.4. The highest BCUT2D eigenvalue weighted by molar-refractivity contribution is 7.93. The van der Waals surface area contributed by atoms with E-state index < -0.39 is 10.0 Å². The van der Waals surface area contributed by atoms with Gasteiger partial charge in [0.15, 0.2) is 0 Å². The van der Waals surface area contributed by atoms with Crippen LogP contribution >= 0.6 is 11.3 Å². The third-order valence-corrected chi connectivity index (χ3v) is 6.69. The van der Waals surface area contributed by atoms with Gasteiger partial charge in [-0.3, -0.25) is 4.31 Å². The van der Waals surface area contributed by atoms with Crippen molar-refractivity contribution < 1.29 is 13.2 Å². The molecule has 0 fully saturated rings. The lowest BCUT2D eigenvalue weighted by atomic mass is 10.2. The second-order valence-corrected chi connectivity index (χ2v) is 8.93. The molecular weight excluding hydrogens is 368 g/mol. The van der Waals surface area contributed by atoms with Gasteiger partial charge < -0.3 is 4.74 Å². The molecule has 0 spiro atoms. The van der Waals surface area contributed by atoms with E-state index in [-0.39, 0.29) is 4.90 Å². The summed E-state index contributed by atoms with van der Waals surface area (Å²) in [6.07, 6.45) is 0. The highest BCUT2D eigenvalue weighted by Gasteiger charge is 2.26. The van der Waals surface area contributed by atoms with Gasteiger partial charge in [-0.25, -0.2) is 13.4 Å². The van der Waals surface area contributed by atoms with E-state index >= 15 is 0 Å². The Morgan fingerprint density at radius 1 is 1.08 bits per heavy atom. The van der Waals surface area contributed by atoms with Crippen LogP contribution in [0.5, 0.6) is 5.75 Å². The first kappa shape index (κ1) is 18.4. The molecule has 0 radical (unpaired) electrons. The summed E-state index contributed by atoms with van der Waals surface area (Å²) < 4.78 is 33.0. The number of sulfonamides is 1. The number of ether oxygens (including phenoxy) is 1. The van der Waals surface area contributed by atoms with Crippen molar-refractivity contribution in [1.82, 2.24) is 4.98 Å². The lowest BCUT2D eigenvalue weighted by Gasteiger charge is -2.21. The molecule has 7 heteroatoms. The summed E-state index contributed by atoms with van der Waals surface area (Å²) in [5.41, 5.74) is 3.15. The van der Waals surface area contributed by atoms with Gasteiger partial charge in [-0.05, 0) is 44.2 Å². The van der Waals surface area contributed by atoms with Gasteiger partial charge in [0.25, 0.3) is 10.0 Å². The highest BCUT2D eigenvalue weighted by Crippen LogP contribution is 2.33. The van der Waals surface area contributed by atoms with Crippen LogP contribution in [0.3, 0.4) is 0 Å². The van der Waals surface area contributed by atoms with Crippen LogP contribution in [0.4, 0.5) is 5.69 Å². The number of benzene rings is 2. The fraction of sp³-hybridized carbons (Fsp3) is 0.211. The lowest BCUT2D eigenvalue weighted by Crippen LogP contribution is -2.27. The van der Waals surface area contributed by atoms with Crippen molar-refractivity contribution in [3.05, 3.63) is 58.4 Å². The molecule has 1 aromatic heterocycles. The smallest absolute Gasteiger partial charge is 0.267 e. The molecule has 1 heterocycles. The fourth-order valence-corrected chi connectivity index (χ4v) is 4.57. The first-order valence-electron chi connectivity index (χ1n) is 7.99. The molecule has 0 aliphatic heterocycles. The third-order valence-electron chi connectivity index (χ3n) is 4.11. The Kier molecular flexibility index (Phi) is 5.02. The standard InChI is InChI=1S/C19H20N2O3S2/c1-13-5-8-16(9-6-13)21(3)26(22,23)19-11-15(7-10-18(19)24-4)17-12-25-14(2)20-17/h5-12H,1-4H3. The maximum absolute atomic E-state index is 13.2. The number of nitrogens with zero attached hydrogens (tertiary/aromatic N) is 2. The topological polar surface area (TPSA) is 59.5 Å². The van der Waals surface area contributed by atoms with Gasteiger partial charge in [-0.15, -0.1) is 11.3 Å². The summed E-state index contributed by atoms with van der Waals surface area (Å²) in [7, 11) is -0.781. The highest BCUT2D eigenvalue weighted by atomic mass is 32.2. The molecule has 0 atom stereocenters. The SMILES string of the molecule is COc1ccc(-c2csc(C)n2)cc1S(=O)(=O)N(C)c1ccc(C)cc1. The zero-order chi connectivity index (χ0) is 18.9. The zero-order valence-corrected chi connectivity index (χ0v) is 16.7. The Morgan fingerprint density at radius 3 is 2.35 bits per heavy atom. The molecule has 5 nitrogen and oxygen atoms in total. The van der Waals surface area contributed by atoms with Crippen molar-refractivity contribution in [2.75, 3.05) is 18.5 Å². The van der Waals surface area contributed by atoms with Crippen LogP contribution in [0.15, 0.2) is 52.7 Å². The van der Waals surface area contributed by atoms with E-state index in [4.69, 9.17) is 4.74 Å². The van der Waals surface area contributed by atoms with Crippen LogP contribution < -0.4 is 9.04 Å². The van der Waals surface area contributed by atoms with Gasteiger partial charge in [0.2, 0.25) is 0 Å². The molecule has 0 bridgehead atoms. The van der Waals surface area contributed by atoms with E-state index in [0.29, 0.717) is 11.4 Å². The number of rotatable bonds is 5. The molecule has 0 aliphatic rings. The van der Waals surface area contributed by atoms with E-state index in [1.165, 1.54) is 22.8 Å². The molecule has 0 saturated heterocycles. The summed E-state index contributed by atoms with van der Waals surface area (Å²) in [5.74, 6) is 0.305. The van der Waals surface area contributed by atoms with Crippen LogP contribution in [-0.4, -0.2) is 27.6 Å². The maximum atomic E-state index is 13.2. The van der Waals surface area contributed by atoms with Gasteiger partial charge in [-0.2, -0.15) is 0 Å². The van der Waals surface area contributed by atoms with Crippen molar-refractivity contribution in [3.63, 3.8) is 0 Å². The van der Waals surface area contributed by atoms with Crippen molar-refractivity contribution >= 4 is 27.0 Å². The van der Waals surface area contributed by atoms with Gasteiger partial charge in [-0.1, -0.05) is 17.7 Å². The number of aromatic nitrogens is 1. The zero-order valence-electron chi connectivity index (χ0n) is 15.1. The first-order valence-corrected chi connectivity index (χ1v) is 10.3. The molecule has 0 N–H and O–H groups in total. The predicted molar refractivity (Wildman–Crippen MR) is 106 cm³/mol. The molecule has 26 heavy (non-hydrogen) atoms. The minimum atomic E-state index is -3.79. The predicted octanol–water partition coefficient (Wildman–Crippen LogP) is 4.26. The first-order chi connectivity index (χ1) is 12.3. The average Bonchev–Trinajstić information content (AvgIpc) is 3.07. The Balaban J connectivity index is 2.09. The molecule has 136 valence electrons. The minimum absolute atomic E-state index is 0.117. The third kappa shape index (κ3) is 3.45. The van der Waals surface area contributed by atoms with Crippen molar-refractivity contribution in [1.29, 1.82) is 0 Å². The number of aryl methyl sites for hydroxylation is 2. The van der Waals surface area contributed by atoms with E-state index in [2.05, 4.69) is 4.98 Å². The van der Waals surface area contributed by atoms with Crippen molar-refractivity contribution in [3.8, 4) is 17.0 Å². The summed E-state index contributed by atoms with van der Waals surface area (Å²) in [4.78, 5) is 4.56. The quantitative estimate of drug-likeness (QED) is 0.655. The molecule has 0 saturated carbocycles. The average molecular weight is 389 g/mol. The maximum Gasteiger partial charge on any atom is 0.267 e. The summed E-state index contributed by atoms with van der Waals surface area (Å²) in [5, 5.41) is 2.84. The molecule has 0 amide bonds. The number of thiazole rings is 1. The van der Waals surface area contributed by atoms with Gasteiger partial charge >= 0.3 is 0 Å². The molecule has 3 rings (SSSR count). The number of anilines is 1. The largest absolute Gasteiger partial charge is 0.495 e. The second-order valence-electron chi connectivity index (χ2n) is 5.93. The van der Waals surface area contributed by atoms with Gasteiger partial charge in [0.05, 0.1) is 23.5 Å². The van der Waals surface area contributed by atoms with Crippen LogP contribution in [0, 0.1) is 13.8 Å². The Morgan fingerprint density at radius 2 is 1.77 bits per heavy atom. The Hall–Kier alpha value is -2.38. The Labute approximate surface area is 157 Å². The molecule has 0 unspecified atom stereocenters. The Bertz CT molecular complexity index is 1030. The number of hydrogen-bond acceptors (Lipinski definition) is 5. The minimum Gasteiger partial charge on any atom is -0.495 e. The van der Waals surface area contributed by atoms with E-state index in [1.54, 1.807) is 31.3 Å². The molecule has 2 aromatic carbocycles. The molecule has 3 aromatic rings. The van der Waals surface area contributed by atoms with Crippen LogP contribution in [-0.2, 0) is 10.0 Å². The number of methoxy groups -OCH3 is 1. The van der Waals surface area contributed by atoms with Crippen molar-refractivity contribution in [2.45, 2.75) is 18.7 Å². The molecule has 0 aliphatic carbocycles. The van der Waals surface area contributed by atoms with Gasteiger partial charge in [0.1, 0.15) is 10.6 Å². The number of hydrogen-bond donors (Lipinski definition) is 0. The van der Waals surface area contributed by atoms with E-state index in [1.807, 2.05) is 37.4 Å².